The molecular formula is C24H29N3O4. The van der Waals surface area contributed by atoms with Gasteiger partial charge in [-0.1, -0.05) is 18.2 Å². The van der Waals surface area contributed by atoms with Crippen LogP contribution in [0.5, 0.6) is 11.5 Å². The monoisotopic (exact) mass is 423 g/mol. The highest BCUT2D eigenvalue weighted by molar-refractivity contribution is 5.94. The first kappa shape index (κ1) is 20.3. The quantitative estimate of drug-likeness (QED) is 0.735. The van der Waals surface area contributed by atoms with Crippen molar-refractivity contribution in [3.8, 4) is 11.5 Å². The molecule has 2 aromatic rings. The molecule has 0 atom stereocenters. The van der Waals surface area contributed by atoms with Crippen LogP contribution in [0.3, 0.4) is 0 Å². The third-order valence-corrected chi connectivity index (χ3v) is 6.19. The fourth-order valence-corrected chi connectivity index (χ4v) is 4.41. The topological polar surface area (TPSA) is 54.5 Å². The Hall–Kier alpha value is -2.61. The van der Waals surface area contributed by atoms with Crippen molar-refractivity contribution in [2.24, 2.45) is 0 Å². The second kappa shape index (κ2) is 9.26. The van der Waals surface area contributed by atoms with Gasteiger partial charge in [-0.15, -0.1) is 0 Å². The molecule has 0 bridgehead atoms. The first-order valence-electron chi connectivity index (χ1n) is 11.0. The minimum Gasteiger partial charge on any atom is -0.454 e. The molecule has 0 saturated carbocycles. The van der Waals surface area contributed by atoms with E-state index in [0.29, 0.717) is 33.1 Å². The summed E-state index contributed by atoms with van der Waals surface area (Å²) >= 11 is 0. The van der Waals surface area contributed by atoms with Crippen LogP contribution in [0.25, 0.3) is 0 Å². The number of rotatable bonds is 5. The van der Waals surface area contributed by atoms with Crippen LogP contribution in [-0.2, 0) is 17.8 Å². The molecule has 0 radical (unpaired) electrons. The Morgan fingerprint density at radius 1 is 0.774 bits per heavy atom. The molecule has 2 fully saturated rings. The van der Waals surface area contributed by atoms with E-state index in [-0.39, 0.29) is 5.91 Å². The molecule has 0 spiro atoms. The first-order chi connectivity index (χ1) is 15.2. The minimum absolute atomic E-state index is 0.110. The van der Waals surface area contributed by atoms with Crippen LogP contribution in [0.15, 0.2) is 42.5 Å². The number of hydrogen-bond donors (Lipinski definition) is 0. The van der Waals surface area contributed by atoms with Gasteiger partial charge in [0.2, 0.25) is 6.79 Å². The summed E-state index contributed by atoms with van der Waals surface area (Å²) in [6.45, 7) is 8.82. The standard InChI is InChI=1S/C24H29N3O4/c28-24(27-10-12-29-13-11-27)21-3-1-2-19(14-21)16-25-6-8-26(9-7-25)17-20-4-5-22-23(15-20)31-18-30-22/h1-5,14-15H,6-13,16-18H2. The summed E-state index contributed by atoms with van der Waals surface area (Å²) < 4.78 is 16.3. The number of amides is 1. The van der Waals surface area contributed by atoms with Crippen molar-refractivity contribution in [1.29, 1.82) is 0 Å². The van der Waals surface area contributed by atoms with E-state index < -0.39 is 0 Å². The maximum atomic E-state index is 12.8. The average Bonchev–Trinajstić information content (AvgIpc) is 3.29. The highest BCUT2D eigenvalue weighted by atomic mass is 16.7. The van der Waals surface area contributed by atoms with Crippen LogP contribution in [0.4, 0.5) is 0 Å². The van der Waals surface area contributed by atoms with Crippen LogP contribution in [0, 0.1) is 0 Å². The third kappa shape index (κ3) is 4.84. The van der Waals surface area contributed by atoms with Crippen LogP contribution < -0.4 is 9.47 Å². The number of ether oxygens (including phenoxy) is 3. The van der Waals surface area contributed by atoms with Gasteiger partial charge in [-0.05, 0) is 35.4 Å². The number of carbonyl (C=O) groups is 1. The van der Waals surface area contributed by atoms with Gasteiger partial charge >= 0.3 is 0 Å². The molecule has 2 aromatic carbocycles. The largest absolute Gasteiger partial charge is 0.454 e. The molecule has 3 heterocycles. The molecule has 31 heavy (non-hydrogen) atoms. The maximum absolute atomic E-state index is 12.8. The summed E-state index contributed by atoms with van der Waals surface area (Å²) in [5.41, 5.74) is 3.23. The van der Waals surface area contributed by atoms with E-state index in [1.165, 1.54) is 11.1 Å². The molecule has 0 unspecified atom stereocenters. The molecule has 7 nitrogen and oxygen atoms in total. The van der Waals surface area contributed by atoms with E-state index in [1.807, 2.05) is 23.1 Å². The third-order valence-electron chi connectivity index (χ3n) is 6.19. The molecule has 0 N–H and O–H groups in total. The average molecular weight is 424 g/mol. The lowest BCUT2D eigenvalue weighted by atomic mass is 10.1. The van der Waals surface area contributed by atoms with E-state index in [4.69, 9.17) is 14.2 Å². The number of piperazine rings is 1. The van der Waals surface area contributed by atoms with Crippen molar-refractivity contribution in [3.63, 3.8) is 0 Å². The number of fused-ring (bicyclic) bond motifs is 1. The smallest absolute Gasteiger partial charge is 0.254 e. The zero-order valence-electron chi connectivity index (χ0n) is 17.8. The highest BCUT2D eigenvalue weighted by Crippen LogP contribution is 2.32. The van der Waals surface area contributed by atoms with Gasteiger partial charge in [-0.2, -0.15) is 0 Å². The van der Waals surface area contributed by atoms with Gasteiger partial charge in [0.15, 0.2) is 11.5 Å². The Balaban J connectivity index is 1.13. The molecule has 0 aliphatic carbocycles. The number of morpholine rings is 1. The molecule has 0 aromatic heterocycles. The molecular weight excluding hydrogens is 394 g/mol. The second-order valence-electron chi connectivity index (χ2n) is 8.34. The van der Waals surface area contributed by atoms with Gasteiger partial charge in [0.25, 0.3) is 5.91 Å². The van der Waals surface area contributed by atoms with Crippen molar-refractivity contribution in [2.75, 3.05) is 59.3 Å². The predicted octanol–water partition coefficient (Wildman–Crippen LogP) is 2.21. The van der Waals surface area contributed by atoms with E-state index in [9.17, 15) is 4.79 Å². The second-order valence-corrected chi connectivity index (χ2v) is 8.34. The van der Waals surface area contributed by atoms with Gasteiger partial charge < -0.3 is 19.1 Å². The zero-order chi connectivity index (χ0) is 21.0. The number of benzene rings is 2. The summed E-state index contributed by atoms with van der Waals surface area (Å²) in [4.78, 5) is 19.6. The minimum atomic E-state index is 0.110. The van der Waals surface area contributed by atoms with Gasteiger partial charge in [-0.25, -0.2) is 0 Å². The number of nitrogens with zero attached hydrogens (tertiary/aromatic N) is 3. The van der Waals surface area contributed by atoms with E-state index in [1.54, 1.807) is 0 Å². The van der Waals surface area contributed by atoms with Gasteiger partial charge in [0.1, 0.15) is 0 Å². The van der Waals surface area contributed by atoms with E-state index in [0.717, 1.165) is 56.3 Å². The Morgan fingerprint density at radius 3 is 2.19 bits per heavy atom. The first-order valence-corrected chi connectivity index (χ1v) is 11.0. The van der Waals surface area contributed by atoms with Crippen LogP contribution in [-0.4, -0.2) is 79.9 Å². The van der Waals surface area contributed by atoms with Crippen molar-refractivity contribution in [2.45, 2.75) is 13.1 Å². The van der Waals surface area contributed by atoms with Gasteiger partial charge in [-0.3, -0.25) is 14.6 Å². The maximum Gasteiger partial charge on any atom is 0.254 e. The van der Waals surface area contributed by atoms with Crippen molar-refractivity contribution in [1.82, 2.24) is 14.7 Å². The number of hydrogen-bond acceptors (Lipinski definition) is 6. The molecule has 3 aliphatic rings. The van der Waals surface area contributed by atoms with Crippen molar-refractivity contribution in [3.05, 3.63) is 59.2 Å². The predicted molar refractivity (Wildman–Crippen MR) is 116 cm³/mol. The normalized spacial score (nSPS) is 19.5. The summed E-state index contributed by atoms with van der Waals surface area (Å²) in [7, 11) is 0. The fraction of sp³-hybridized carbons (Fsp3) is 0.458. The van der Waals surface area contributed by atoms with E-state index in [2.05, 4.69) is 34.1 Å². The lowest BCUT2D eigenvalue weighted by Crippen LogP contribution is -2.45. The molecule has 1 amide bonds. The molecule has 3 aliphatic heterocycles. The van der Waals surface area contributed by atoms with Crippen LogP contribution >= 0.6 is 0 Å². The molecule has 5 rings (SSSR count). The Kier molecular flexibility index (Phi) is 6.06. The van der Waals surface area contributed by atoms with Crippen LogP contribution in [0.1, 0.15) is 21.5 Å². The van der Waals surface area contributed by atoms with Crippen molar-refractivity contribution >= 4 is 5.91 Å². The Bertz CT molecular complexity index is 921. The SMILES string of the molecule is O=C(c1cccc(CN2CCN(Cc3ccc4c(c3)OCO4)CC2)c1)N1CCOCC1. The summed E-state index contributed by atoms with van der Waals surface area (Å²) in [6, 6.07) is 14.3. The zero-order valence-corrected chi connectivity index (χ0v) is 17.8. The highest BCUT2D eigenvalue weighted by Gasteiger charge is 2.21. The summed E-state index contributed by atoms with van der Waals surface area (Å²) in [6.07, 6.45) is 0. The molecule has 2 saturated heterocycles. The lowest BCUT2D eigenvalue weighted by molar-refractivity contribution is 0.0302. The Labute approximate surface area is 183 Å². The van der Waals surface area contributed by atoms with Gasteiger partial charge in [0.05, 0.1) is 13.2 Å². The summed E-state index contributed by atoms with van der Waals surface area (Å²) in [5.74, 6) is 1.80. The lowest BCUT2D eigenvalue weighted by Gasteiger charge is -2.34. The van der Waals surface area contributed by atoms with Gasteiger partial charge in [0, 0.05) is 57.9 Å². The molecule has 7 heteroatoms. The van der Waals surface area contributed by atoms with E-state index >= 15 is 0 Å². The fourth-order valence-electron chi connectivity index (χ4n) is 4.41. The Morgan fingerprint density at radius 2 is 1.45 bits per heavy atom. The number of carbonyl (C=O) groups excluding carboxylic acids is 1. The van der Waals surface area contributed by atoms with Crippen molar-refractivity contribution < 1.29 is 19.0 Å². The molecule has 164 valence electrons. The van der Waals surface area contributed by atoms with Crippen LogP contribution in [0.2, 0.25) is 0 Å². The summed E-state index contributed by atoms with van der Waals surface area (Å²) in [5, 5.41) is 0.